The van der Waals surface area contributed by atoms with Crippen LogP contribution < -0.4 is 10.6 Å². The Kier molecular flexibility index (Phi) is 3.74. The number of likely N-dealkylation sites (N-methyl/N-ethyl adjacent to an activating group) is 1. The lowest BCUT2D eigenvalue weighted by atomic mass is 10.2. The summed E-state index contributed by atoms with van der Waals surface area (Å²) in [5, 5.41) is 6.08. The molecule has 1 fully saturated rings. The minimum absolute atomic E-state index is 0.0123. The maximum absolute atomic E-state index is 12.5. The third kappa shape index (κ3) is 2.90. The molecule has 0 aliphatic carbocycles. The van der Waals surface area contributed by atoms with Crippen molar-refractivity contribution in [1.82, 2.24) is 10.2 Å². The summed E-state index contributed by atoms with van der Waals surface area (Å²) >= 11 is 4.21. The maximum atomic E-state index is 12.5. The lowest BCUT2D eigenvalue weighted by molar-refractivity contribution is -0.137. The predicted molar refractivity (Wildman–Crippen MR) is 67.4 cm³/mol. The Bertz CT molecular complexity index is 424. The molecule has 100 valence electrons. The Morgan fingerprint density at radius 3 is 2.72 bits per heavy atom. The van der Waals surface area contributed by atoms with E-state index in [1.54, 1.807) is 6.07 Å². The fourth-order valence-electron chi connectivity index (χ4n) is 1.72. The van der Waals surface area contributed by atoms with Crippen LogP contribution in [0.15, 0.2) is 24.3 Å². The molecule has 0 amide bonds. The van der Waals surface area contributed by atoms with Crippen molar-refractivity contribution < 1.29 is 13.2 Å². The van der Waals surface area contributed by atoms with Gasteiger partial charge in [-0.3, -0.25) is 10.2 Å². The van der Waals surface area contributed by atoms with Gasteiger partial charge >= 0.3 is 6.18 Å². The molecule has 1 aliphatic heterocycles. The molecule has 2 unspecified atom stereocenters. The third-order valence-electron chi connectivity index (χ3n) is 2.91. The van der Waals surface area contributed by atoms with E-state index in [2.05, 4.69) is 23.3 Å². The monoisotopic (exact) mass is 277 g/mol. The van der Waals surface area contributed by atoms with Crippen LogP contribution in [-0.4, -0.2) is 30.2 Å². The maximum Gasteiger partial charge on any atom is 0.416 e. The molecule has 18 heavy (non-hydrogen) atoms. The molecule has 0 aromatic heterocycles. The van der Waals surface area contributed by atoms with Gasteiger partial charge in [0.15, 0.2) is 0 Å². The molecule has 1 aliphatic rings. The van der Waals surface area contributed by atoms with Crippen molar-refractivity contribution in [2.75, 3.05) is 18.9 Å². The zero-order valence-electron chi connectivity index (χ0n) is 9.70. The van der Waals surface area contributed by atoms with E-state index in [4.69, 9.17) is 0 Å². The number of benzene rings is 1. The Morgan fingerprint density at radius 1 is 1.44 bits per heavy atom. The fourth-order valence-corrected chi connectivity index (χ4v) is 2.05. The van der Waals surface area contributed by atoms with Gasteiger partial charge in [0, 0.05) is 12.2 Å². The van der Waals surface area contributed by atoms with Gasteiger partial charge in [-0.15, -0.1) is 12.6 Å². The fraction of sp³-hybridized carbons (Fsp3) is 0.455. The number of nitrogens with zero attached hydrogens (tertiary/aromatic N) is 1. The van der Waals surface area contributed by atoms with E-state index in [0.29, 0.717) is 12.2 Å². The van der Waals surface area contributed by atoms with E-state index >= 15 is 0 Å². The van der Waals surface area contributed by atoms with Crippen molar-refractivity contribution in [2.45, 2.75) is 17.8 Å². The highest BCUT2D eigenvalue weighted by molar-refractivity contribution is 7.80. The molecular formula is C11H14F3N3S. The molecule has 3 nitrogen and oxygen atoms in total. The van der Waals surface area contributed by atoms with Crippen molar-refractivity contribution in [3.63, 3.8) is 0 Å². The zero-order chi connectivity index (χ0) is 13.3. The van der Waals surface area contributed by atoms with Crippen LogP contribution in [0.1, 0.15) is 5.56 Å². The Morgan fingerprint density at radius 2 is 2.17 bits per heavy atom. The summed E-state index contributed by atoms with van der Waals surface area (Å²) in [7, 11) is 1.90. The first-order chi connectivity index (χ1) is 8.38. The van der Waals surface area contributed by atoms with Crippen molar-refractivity contribution >= 4 is 18.3 Å². The molecular weight excluding hydrogens is 263 g/mol. The van der Waals surface area contributed by atoms with Crippen LogP contribution >= 0.6 is 12.6 Å². The minimum atomic E-state index is -4.31. The number of hydrogen-bond acceptors (Lipinski definition) is 4. The van der Waals surface area contributed by atoms with Gasteiger partial charge in [-0.2, -0.15) is 13.2 Å². The topological polar surface area (TPSA) is 27.3 Å². The van der Waals surface area contributed by atoms with Gasteiger partial charge in [0.1, 0.15) is 5.50 Å². The standard InChI is InChI=1S/C11H14F3N3S/c1-17-9(16-10(17)18)6-15-8-4-2-3-7(5-8)11(12,13)14/h2-5,9-10,15-16,18H,6H2,1H3. The second kappa shape index (κ2) is 4.99. The molecule has 1 saturated heterocycles. The molecule has 2 rings (SSSR count). The van der Waals surface area contributed by atoms with Gasteiger partial charge < -0.3 is 5.32 Å². The van der Waals surface area contributed by atoms with E-state index < -0.39 is 11.7 Å². The van der Waals surface area contributed by atoms with Gasteiger partial charge in [0.25, 0.3) is 0 Å². The first-order valence-electron chi connectivity index (χ1n) is 5.45. The molecule has 0 saturated carbocycles. The second-order valence-corrected chi connectivity index (χ2v) is 4.67. The van der Waals surface area contributed by atoms with Crippen LogP contribution in [0.5, 0.6) is 0 Å². The van der Waals surface area contributed by atoms with E-state index in [0.717, 1.165) is 12.1 Å². The molecule has 2 atom stereocenters. The average Bonchev–Trinajstić information content (AvgIpc) is 2.33. The van der Waals surface area contributed by atoms with Crippen LogP contribution in [0.2, 0.25) is 0 Å². The summed E-state index contributed by atoms with van der Waals surface area (Å²) in [6.45, 7) is 0.523. The number of nitrogens with one attached hydrogen (secondary N) is 2. The van der Waals surface area contributed by atoms with Gasteiger partial charge in [-0.1, -0.05) is 6.07 Å². The average molecular weight is 277 g/mol. The summed E-state index contributed by atoms with van der Waals surface area (Å²) < 4.78 is 37.5. The Labute approximate surface area is 109 Å². The number of thiol groups is 1. The zero-order valence-corrected chi connectivity index (χ0v) is 10.6. The van der Waals surface area contributed by atoms with Crippen molar-refractivity contribution in [3.05, 3.63) is 29.8 Å². The van der Waals surface area contributed by atoms with Crippen LogP contribution in [-0.2, 0) is 6.18 Å². The van der Waals surface area contributed by atoms with Crippen LogP contribution in [0.3, 0.4) is 0 Å². The quantitative estimate of drug-likeness (QED) is 0.739. The molecule has 0 spiro atoms. The number of rotatable bonds is 3. The number of alkyl halides is 3. The molecule has 1 aromatic rings. The largest absolute Gasteiger partial charge is 0.416 e. The summed E-state index contributed by atoms with van der Waals surface area (Å²) in [6, 6.07) is 5.18. The number of hydrogen-bond donors (Lipinski definition) is 3. The summed E-state index contributed by atoms with van der Waals surface area (Å²) in [6.07, 6.45) is -4.22. The molecule has 0 bridgehead atoms. The third-order valence-corrected chi connectivity index (χ3v) is 3.42. The SMILES string of the molecule is CN1C(S)NC1CNc1cccc(C(F)(F)F)c1. The highest BCUT2D eigenvalue weighted by Crippen LogP contribution is 2.30. The minimum Gasteiger partial charge on any atom is -0.382 e. The predicted octanol–water partition coefficient (Wildman–Crippen LogP) is 2.19. The first kappa shape index (κ1) is 13.5. The summed E-state index contributed by atoms with van der Waals surface area (Å²) in [5.41, 5.74) is -0.171. The lowest BCUT2D eigenvalue weighted by Crippen LogP contribution is -2.67. The van der Waals surface area contributed by atoms with Crippen molar-refractivity contribution in [1.29, 1.82) is 0 Å². The van der Waals surface area contributed by atoms with Crippen molar-refractivity contribution in [3.8, 4) is 0 Å². The molecule has 0 radical (unpaired) electrons. The Balaban J connectivity index is 1.94. The van der Waals surface area contributed by atoms with Crippen LogP contribution in [0, 0.1) is 0 Å². The van der Waals surface area contributed by atoms with Gasteiger partial charge in [-0.05, 0) is 25.2 Å². The lowest BCUT2D eigenvalue weighted by Gasteiger charge is -2.45. The molecule has 1 heterocycles. The molecule has 2 N–H and O–H groups in total. The van der Waals surface area contributed by atoms with E-state index in [9.17, 15) is 13.2 Å². The van der Waals surface area contributed by atoms with Gasteiger partial charge in [0.2, 0.25) is 0 Å². The second-order valence-electron chi connectivity index (χ2n) is 4.18. The Hall–Kier alpha value is -0.920. The number of anilines is 1. The number of halogens is 3. The summed E-state index contributed by atoms with van der Waals surface area (Å²) in [4.78, 5) is 1.98. The van der Waals surface area contributed by atoms with Crippen LogP contribution in [0.4, 0.5) is 18.9 Å². The molecule has 1 aromatic carbocycles. The summed E-state index contributed by atoms with van der Waals surface area (Å²) in [5.74, 6) is 0. The smallest absolute Gasteiger partial charge is 0.382 e. The van der Waals surface area contributed by atoms with E-state index in [1.165, 1.54) is 6.07 Å². The highest BCUT2D eigenvalue weighted by atomic mass is 32.1. The highest BCUT2D eigenvalue weighted by Gasteiger charge is 2.32. The van der Waals surface area contributed by atoms with E-state index in [1.807, 2.05) is 11.9 Å². The van der Waals surface area contributed by atoms with Gasteiger partial charge in [-0.25, -0.2) is 0 Å². The normalized spacial score (nSPS) is 24.7. The first-order valence-corrected chi connectivity index (χ1v) is 5.97. The van der Waals surface area contributed by atoms with Gasteiger partial charge in [0.05, 0.1) is 11.7 Å². The van der Waals surface area contributed by atoms with E-state index in [-0.39, 0.29) is 11.7 Å². The van der Waals surface area contributed by atoms with Crippen molar-refractivity contribution in [2.24, 2.45) is 0 Å². The van der Waals surface area contributed by atoms with Crippen LogP contribution in [0.25, 0.3) is 0 Å². The molecule has 7 heteroatoms.